The second kappa shape index (κ2) is 5.60. The fourth-order valence-corrected chi connectivity index (χ4v) is 2.97. The predicted molar refractivity (Wildman–Crippen MR) is 69.5 cm³/mol. The zero-order valence-corrected chi connectivity index (χ0v) is 11.2. The van der Waals surface area contributed by atoms with E-state index in [4.69, 9.17) is 0 Å². The van der Waals surface area contributed by atoms with Crippen molar-refractivity contribution in [1.82, 2.24) is 15.2 Å². The maximum atomic E-state index is 12.2. The summed E-state index contributed by atoms with van der Waals surface area (Å²) in [5.74, 6) is 0.0948. The summed E-state index contributed by atoms with van der Waals surface area (Å²) in [6.07, 6.45) is 3.68. The fraction of sp³-hybridized carbons (Fsp3) is 0.667. The van der Waals surface area contributed by atoms with E-state index in [9.17, 15) is 4.79 Å². The Morgan fingerprint density at radius 3 is 3.06 bits per heavy atom. The summed E-state index contributed by atoms with van der Waals surface area (Å²) < 4.78 is 0. The van der Waals surface area contributed by atoms with Crippen LogP contribution < -0.4 is 5.32 Å². The molecule has 0 aromatic carbocycles. The van der Waals surface area contributed by atoms with E-state index in [-0.39, 0.29) is 5.91 Å². The van der Waals surface area contributed by atoms with Gasteiger partial charge in [-0.05, 0) is 26.3 Å². The molecule has 0 saturated carbocycles. The molecule has 1 unspecified atom stereocenters. The van der Waals surface area contributed by atoms with Gasteiger partial charge in [-0.1, -0.05) is 6.42 Å². The van der Waals surface area contributed by atoms with Crippen molar-refractivity contribution in [3.63, 3.8) is 0 Å². The molecule has 2 heterocycles. The Bertz CT molecular complexity index is 385. The van der Waals surface area contributed by atoms with Crippen molar-refractivity contribution in [2.45, 2.75) is 32.2 Å². The first-order valence-corrected chi connectivity index (χ1v) is 6.95. The lowest BCUT2D eigenvalue weighted by atomic mass is 10.0. The quantitative estimate of drug-likeness (QED) is 0.891. The largest absolute Gasteiger partial charge is 0.339 e. The highest BCUT2D eigenvalue weighted by Crippen LogP contribution is 2.15. The minimum absolute atomic E-state index is 0.0948. The van der Waals surface area contributed by atoms with Crippen LogP contribution >= 0.6 is 11.3 Å². The molecule has 0 bridgehead atoms. The van der Waals surface area contributed by atoms with Crippen LogP contribution in [0, 0.1) is 6.92 Å². The number of aromatic nitrogens is 1. The van der Waals surface area contributed by atoms with Gasteiger partial charge in [-0.3, -0.25) is 4.79 Å². The Hall–Kier alpha value is -0.940. The topological polar surface area (TPSA) is 45.2 Å². The smallest absolute Gasteiger partial charge is 0.265 e. The maximum Gasteiger partial charge on any atom is 0.265 e. The number of nitrogens with zero attached hydrogens (tertiary/aromatic N) is 2. The number of nitrogens with one attached hydrogen (secondary N) is 1. The van der Waals surface area contributed by atoms with Crippen LogP contribution in [0.15, 0.2) is 5.51 Å². The highest BCUT2D eigenvalue weighted by Gasteiger charge is 2.20. The summed E-state index contributed by atoms with van der Waals surface area (Å²) in [5, 5.41) is 3.46. The molecule has 1 aromatic heterocycles. The van der Waals surface area contributed by atoms with Gasteiger partial charge in [0.1, 0.15) is 4.88 Å². The van der Waals surface area contributed by atoms with E-state index in [1.807, 2.05) is 18.9 Å². The molecule has 2 rings (SSSR count). The molecule has 1 aromatic rings. The van der Waals surface area contributed by atoms with E-state index in [0.717, 1.165) is 23.7 Å². The van der Waals surface area contributed by atoms with Crippen LogP contribution in [0.4, 0.5) is 0 Å². The molecule has 94 valence electrons. The highest BCUT2D eigenvalue weighted by molar-refractivity contribution is 7.11. The second-order valence-corrected chi connectivity index (χ2v) is 5.45. The minimum atomic E-state index is 0.0948. The Balaban J connectivity index is 1.93. The molecule has 0 spiro atoms. The van der Waals surface area contributed by atoms with E-state index >= 15 is 0 Å². The monoisotopic (exact) mass is 253 g/mol. The Labute approximate surface area is 106 Å². The van der Waals surface area contributed by atoms with E-state index in [1.54, 1.807) is 5.51 Å². The summed E-state index contributed by atoms with van der Waals surface area (Å²) in [7, 11) is 1.87. The molecule has 17 heavy (non-hydrogen) atoms. The maximum absolute atomic E-state index is 12.2. The second-order valence-electron chi connectivity index (χ2n) is 4.60. The van der Waals surface area contributed by atoms with Crippen molar-refractivity contribution < 1.29 is 4.79 Å². The van der Waals surface area contributed by atoms with E-state index in [1.165, 1.54) is 30.6 Å². The van der Waals surface area contributed by atoms with Gasteiger partial charge in [-0.2, -0.15) is 0 Å². The standard InChI is InChI=1S/C12H19N3OS/c1-9-11(17-8-14-9)12(16)15(2)7-10-5-3-4-6-13-10/h8,10,13H,3-7H2,1-2H3. The molecule has 0 aliphatic carbocycles. The first-order chi connectivity index (χ1) is 8.18. The van der Waals surface area contributed by atoms with Crippen molar-refractivity contribution in [2.75, 3.05) is 20.1 Å². The third-order valence-corrected chi connectivity index (χ3v) is 4.11. The first kappa shape index (κ1) is 12.5. The number of thiazole rings is 1. The van der Waals surface area contributed by atoms with Gasteiger partial charge in [0, 0.05) is 19.6 Å². The van der Waals surface area contributed by atoms with Gasteiger partial charge in [0.25, 0.3) is 5.91 Å². The van der Waals surface area contributed by atoms with Crippen molar-refractivity contribution in [3.05, 3.63) is 16.1 Å². The normalized spacial score (nSPS) is 20.2. The molecule has 1 amide bonds. The number of rotatable bonds is 3. The lowest BCUT2D eigenvalue weighted by Crippen LogP contribution is -2.44. The molecule has 1 saturated heterocycles. The third-order valence-electron chi connectivity index (χ3n) is 3.19. The zero-order valence-electron chi connectivity index (χ0n) is 10.4. The molecular weight excluding hydrogens is 234 g/mol. The molecule has 1 aliphatic rings. The zero-order chi connectivity index (χ0) is 12.3. The van der Waals surface area contributed by atoms with Gasteiger partial charge in [-0.25, -0.2) is 4.98 Å². The average molecular weight is 253 g/mol. The Morgan fingerprint density at radius 1 is 1.65 bits per heavy atom. The van der Waals surface area contributed by atoms with Crippen LogP contribution in [0.5, 0.6) is 0 Å². The number of amides is 1. The summed E-state index contributed by atoms with van der Waals surface area (Å²) in [6, 6.07) is 0.450. The molecule has 0 radical (unpaired) electrons. The number of carbonyl (C=O) groups excluding carboxylic acids is 1. The van der Waals surface area contributed by atoms with Crippen molar-refractivity contribution >= 4 is 17.2 Å². The highest BCUT2D eigenvalue weighted by atomic mass is 32.1. The number of aryl methyl sites for hydroxylation is 1. The molecule has 1 atom stereocenters. The van der Waals surface area contributed by atoms with E-state index in [0.29, 0.717) is 6.04 Å². The summed E-state index contributed by atoms with van der Waals surface area (Å²) in [4.78, 5) is 18.9. The average Bonchev–Trinajstić information content (AvgIpc) is 2.76. The minimum Gasteiger partial charge on any atom is -0.339 e. The van der Waals surface area contributed by atoms with Crippen molar-refractivity contribution in [2.24, 2.45) is 0 Å². The summed E-state index contributed by atoms with van der Waals surface area (Å²) >= 11 is 1.43. The first-order valence-electron chi connectivity index (χ1n) is 6.07. The van der Waals surface area contributed by atoms with Gasteiger partial charge in [0.2, 0.25) is 0 Å². The van der Waals surface area contributed by atoms with Crippen molar-refractivity contribution in [1.29, 1.82) is 0 Å². The fourth-order valence-electron chi connectivity index (χ4n) is 2.17. The summed E-state index contributed by atoms with van der Waals surface area (Å²) in [6.45, 7) is 3.75. The Kier molecular flexibility index (Phi) is 4.12. The van der Waals surface area contributed by atoms with Crippen LogP contribution in [-0.2, 0) is 0 Å². The predicted octanol–water partition coefficient (Wildman–Crippen LogP) is 1.67. The van der Waals surface area contributed by atoms with Gasteiger partial charge < -0.3 is 10.2 Å². The van der Waals surface area contributed by atoms with Crippen LogP contribution in [-0.4, -0.2) is 42.0 Å². The van der Waals surface area contributed by atoms with Gasteiger partial charge in [-0.15, -0.1) is 11.3 Å². The molecular formula is C12H19N3OS. The van der Waals surface area contributed by atoms with Crippen LogP contribution in [0.1, 0.15) is 34.6 Å². The lowest BCUT2D eigenvalue weighted by Gasteiger charge is -2.28. The number of piperidine rings is 1. The van der Waals surface area contributed by atoms with Gasteiger partial charge in [0.15, 0.2) is 0 Å². The van der Waals surface area contributed by atoms with E-state index in [2.05, 4.69) is 10.3 Å². The van der Waals surface area contributed by atoms with Gasteiger partial charge >= 0.3 is 0 Å². The van der Waals surface area contributed by atoms with E-state index < -0.39 is 0 Å². The molecule has 4 nitrogen and oxygen atoms in total. The molecule has 1 aliphatic heterocycles. The molecule has 1 fully saturated rings. The molecule has 1 N–H and O–H groups in total. The summed E-state index contributed by atoms with van der Waals surface area (Å²) in [5.41, 5.74) is 2.57. The SMILES string of the molecule is Cc1ncsc1C(=O)N(C)CC1CCCCN1. The Morgan fingerprint density at radius 2 is 2.47 bits per heavy atom. The van der Waals surface area contributed by atoms with Crippen molar-refractivity contribution in [3.8, 4) is 0 Å². The van der Waals surface area contributed by atoms with Crippen LogP contribution in [0.3, 0.4) is 0 Å². The number of hydrogen-bond acceptors (Lipinski definition) is 4. The number of hydrogen-bond donors (Lipinski definition) is 1. The van der Waals surface area contributed by atoms with Crippen LogP contribution in [0.2, 0.25) is 0 Å². The lowest BCUT2D eigenvalue weighted by molar-refractivity contribution is 0.0779. The van der Waals surface area contributed by atoms with Gasteiger partial charge in [0.05, 0.1) is 11.2 Å². The number of likely N-dealkylation sites (N-methyl/N-ethyl adjacent to an activating group) is 1. The third kappa shape index (κ3) is 3.04. The van der Waals surface area contributed by atoms with Crippen LogP contribution in [0.25, 0.3) is 0 Å². The number of carbonyl (C=O) groups is 1. The molecule has 5 heteroatoms.